The maximum Gasteiger partial charge on any atom is 0.329 e. The second-order valence-corrected chi connectivity index (χ2v) is 5.51. The second-order valence-electron chi connectivity index (χ2n) is 4.70. The molecular formula is C16H13Cl2N3O2. The molecule has 0 fully saturated rings. The van der Waals surface area contributed by atoms with Gasteiger partial charge in [0, 0.05) is 5.69 Å². The van der Waals surface area contributed by atoms with Gasteiger partial charge in [0.05, 0.1) is 16.3 Å². The van der Waals surface area contributed by atoms with Gasteiger partial charge in [-0.25, -0.2) is 5.43 Å². The quantitative estimate of drug-likeness (QED) is 0.506. The molecule has 23 heavy (non-hydrogen) atoms. The van der Waals surface area contributed by atoms with E-state index in [9.17, 15) is 9.59 Å². The summed E-state index contributed by atoms with van der Waals surface area (Å²) in [6, 6.07) is 12.0. The van der Waals surface area contributed by atoms with Gasteiger partial charge < -0.3 is 5.32 Å². The van der Waals surface area contributed by atoms with Gasteiger partial charge in [-0.3, -0.25) is 9.59 Å². The first-order chi connectivity index (χ1) is 11.0. The number of aryl methyl sites for hydroxylation is 1. The van der Waals surface area contributed by atoms with Crippen LogP contribution in [0.2, 0.25) is 10.0 Å². The first-order valence-electron chi connectivity index (χ1n) is 6.62. The van der Waals surface area contributed by atoms with Gasteiger partial charge in [0.25, 0.3) is 0 Å². The average Bonchev–Trinajstić information content (AvgIpc) is 2.50. The Labute approximate surface area is 143 Å². The van der Waals surface area contributed by atoms with E-state index >= 15 is 0 Å². The molecule has 0 radical (unpaired) electrons. The minimum absolute atomic E-state index is 0.374. The lowest BCUT2D eigenvalue weighted by Crippen LogP contribution is -2.32. The highest BCUT2D eigenvalue weighted by atomic mass is 35.5. The number of nitrogens with one attached hydrogen (secondary N) is 2. The zero-order valence-corrected chi connectivity index (χ0v) is 13.7. The molecule has 0 saturated heterocycles. The molecule has 2 amide bonds. The number of carbonyl (C=O) groups excluding carboxylic acids is 2. The van der Waals surface area contributed by atoms with Gasteiger partial charge in [-0.15, -0.1) is 0 Å². The molecule has 118 valence electrons. The number of hydrogen-bond donors (Lipinski definition) is 2. The predicted molar refractivity (Wildman–Crippen MR) is 92.0 cm³/mol. The van der Waals surface area contributed by atoms with Crippen molar-refractivity contribution >= 4 is 46.9 Å². The molecule has 0 saturated carbocycles. The van der Waals surface area contributed by atoms with Crippen LogP contribution in [-0.4, -0.2) is 18.0 Å². The van der Waals surface area contributed by atoms with Crippen LogP contribution < -0.4 is 10.7 Å². The first-order valence-corrected chi connectivity index (χ1v) is 7.37. The molecular weight excluding hydrogens is 337 g/mol. The third-order valence-corrected chi connectivity index (χ3v) is 3.54. The molecule has 0 aliphatic heterocycles. The molecule has 2 aromatic rings. The highest BCUT2D eigenvalue weighted by molar-refractivity contribution is 6.42. The smallest absolute Gasteiger partial charge is 0.318 e. The number of benzene rings is 2. The third-order valence-electron chi connectivity index (χ3n) is 2.81. The van der Waals surface area contributed by atoms with Crippen LogP contribution in [-0.2, 0) is 9.59 Å². The number of anilines is 1. The van der Waals surface area contributed by atoms with Crippen molar-refractivity contribution in [2.24, 2.45) is 5.10 Å². The van der Waals surface area contributed by atoms with Crippen molar-refractivity contribution in [3.8, 4) is 0 Å². The van der Waals surface area contributed by atoms with Gasteiger partial charge in [-0.05, 0) is 42.3 Å². The molecule has 0 spiro atoms. The summed E-state index contributed by atoms with van der Waals surface area (Å²) in [6.07, 6.45) is 1.36. The second kappa shape index (κ2) is 7.76. The summed E-state index contributed by atoms with van der Waals surface area (Å²) >= 11 is 11.7. The van der Waals surface area contributed by atoms with E-state index in [1.165, 1.54) is 6.21 Å². The summed E-state index contributed by atoms with van der Waals surface area (Å²) in [5.74, 6) is -1.68. The van der Waals surface area contributed by atoms with E-state index in [4.69, 9.17) is 23.2 Å². The Morgan fingerprint density at radius 1 is 1.04 bits per heavy atom. The SMILES string of the molecule is Cc1cccc(NC(=O)C(=O)N/N=C\c2ccc(Cl)c(Cl)c2)c1. The summed E-state index contributed by atoms with van der Waals surface area (Å²) in [5.41, 5.74) is 4.29. The average molecular weight is 350 g/mol. The molecule has 5 nitrogen and oxygen atoms in total. The summed E-state index contributed by atoms with van der Waals surface area (Å²) in [5, 5.41) is 6.99. The lowest BCUT2D eigenvalue weighted by molar-refractivity contribution is -0.136. The van der Waals surface area contributed by atoms with Gasteiger partial charge in [0.1, 0.15) is 0 Å². The van der Waals surface area contributed by atoms with Crippen LogP contribution in [0.15, 0.2) is 47.6 Å². The van der Waals surface area contributed by atoms with Gasteiger partial charge >= 0.3 is 11.8 Å². The van der Waals surface area contributed by atoms with Crippen molar-refractivity contribution in [3.63, 3.8) is 0 Å². The number of hydrazone groups is 1. The van der Waals surface area contributed by atoms with Crippen molar-refractivity contribution in [2.45, 2.75) is 6.92 Å². The predicted octanol–water partition coefficient (Wildman–Crippen LogP) is 3.39. The summed E-state index contributed by atoms with van der Waals surface area (Å²) < 4.78 is 0. The number of amides is 2. The normalized spacial score (nSPS) is 10.6. The van der Waals surface area contributed by atoms with Crippen molar-refractivity contribution in [1.29, 1.82) is 0 Å². The van der Waals surface area contributed by atoms with E-state index in [1.807, 2.05) is 13.0 Å². The van der Waals surface area contributed by atoms with E-state index in [0.29, 0.717) is 21.3 Å². The molecule has 7 heteroatoms. The Balaban J connectivity index is 1.92. The van der Waals surface area contributed by atoms with E-state index in [0.717, 1.165) is 5.56 Å². The van der Waals surface area contributed by atoms with Crippen molar-refractivity contribution in [1.82, 2.24) is 5.43 Å². The number of halogens is 2. The lowest BCUT2D eigenvalue weighted by atomic mass is 10.2. The molecule has 0 heterocycles. The Morgan fingerprint density at radius 2 is 1.83 bits per heavy atom. The third kappa shape index (κ3) is 5.09. The topological polar surface area (TPSA) is 70.6 Å². The van der Waals surface area contributed by atoms with Gasteiger partial charge in [0.2, 0.25) is 0 Å². The lowest BCUT2D eigenvalue weighted by Gasteiger charge is -2.04. The van der Waals surface area contributed by atoms with Gasteiger partial charge in [-0.1, -0.05) is 41.4 Å². The molecule has 0 atom stereocenters. The van der Waals surface area contributed by atoms with Crippen LogP contribution in [0.5, 0.6) is 0 Å². The molecule has 0 aliphatic rings. The van der Waals surface area contributed by atoms with E-state index in [2.05, 4.69) is 15.8 Å². The zero-order valence-electron chi connectivity index (χ0n) is 12.1. The van der Waals surface area contributed by atoms with Crippen molar-refractivity contribution in [2.75, 3.05) is 5.32 Å². The van der Waals surface area contributed by atoms with Crippen LogP contribution in [0.25, 0.3) is 0 Å². The van der Waals surface area contributed by atoms with Crippen LogP contribution in [0.3, 0.4) is 0 Å². The van der Waals surface area contributed by atoms with Crippen LogP contribution in [0.1, 0.15) is 11.1 Å². The molecule has 0 aliphatic carbocycles. The minimum Gasteiger partial charge on any atom is -0.318 e. The molecule has 0 aromatic heterocycles. The van der Waals surface area contributed by atoms with Crippen LogP contribution >= 0.6 is 23.2 Å². The maximum absolute atomic E-state index is 11.7. The van der Waals surface area contributed by atoms with Gasteiger partial charge in [0.15, 0.2) is 0 Å². The highest BCUT2D eigenvalue weighted by Crippen LogP contribution is 2.21. The van der Waals surface area contributed by atoms with E-state index in [1.54, 1.807) is 36.4 Å². The summed E-state index contributed by atoms with van der Waals surface area (Å²) in [7, 11) is 0. The summed E-state index contributed by atoms with van der Waals surface area (Å²) in [4.78, 5) is 23.4. The Kier molecular flexibility index (Phi) is 5.73. The van der Waals surface area contributed by atoms with Crippen LogP contribution in [0, 0.1) is 6.92 Å². The Bertz CT molecular complexity index is 776. The highest BCUT2D eigenvalue weighted by Gasteiger charge is 2.12. The first kappa shape index (κ1) is 17.0. The summed E-state index contributed by atoms with van der Waals surface area (Å²) in [6.45, 7) is 1.89. The number of rotatable bonds is 3. The largest absolute Gasteiger partial charge is 0.329 e. The van der Waals surface area contributed by atoms with Crippen molar-refractivity contribution in [3.05, 3.63) is 63.6 Å². The standard InChI is InChI=1S/C16H13Cl2N3O2/c1-10-3-2-4-12(7-10)20-15(22)16(23)21-19-9-11-5-6-13(17)14(18)8-11/h2-9H,1H3,(H,20,22)(H,21,23)/b19-9-. The van der Waals surface area contributed by atoms with Gasteiger partial charge in [-0.2, -0.15) is 5.10 Å². The number of carbonyl (C=O) groups is 2. The number of nitrogens with zero attached hydrogens (tertiary/aromatic N) is 1. The van der Waals surface area contributed by atoms with Crippen molar-refractivity contribution < 1.29 is 9.59 Å². The Morgan fingerprint density at radius 3 is 2.52 bits per heavy atom. The minimum atomic E-state index is -0.872. The monoisotopic (exact) mass is 349 g/mol. The Hall–Kier alpha value is -2.37. The van der Waals surface area contributed by atoms with Crippen LogP contribution in [0.4, 0.5) is 5.69 Å². The fraction of sp³-hybridized carbons (Fsp3) is 0.0625. The van der Waals surface area contributed by atoms with E-state index < -0.39 is 11.8 Å². The molecule has 2 N–H and O–H groups in total. The molecule has 2 rings (SSSR count). The number of hydrogen-bond acceptors (Lipinski definition) is 3. The molecule has 0 unspecified atom stereocenters. The fourth-order valence-electron chi connectivity index (χ4n) is 1.72. The maximum atomic E-state index is 11.7. The van der Waals surface area contributed by atoms with E-state index in [-0.39, 0.29) is 0 Å². The molecule has 0 bridgehead atoms. The molecule has 2 aromatic carbocycles. The zero-order chi connectivity index (χ0) is 16.8. The fourth-order valence-corrected chi connectivity index (χ4v) is 2.03.